The van der Waals surface area contributed by atoms with E-state index >= 15 is 0 Å². The summed E-state index contributed by atoms with van der Waals surface area (Å²) < 4.78 is 27.8. The highest BCUT2D eigenvalue weighted by molar-refractivity contribution is 7.89. The molecule has 0 radical (unpaired) electrons. The lowest BCUT2D eigenvalue weighted by atomic mass is 10.0. The summed E-state index contributed by atoms with van der Waals surface area (Å²) in [5.41, 5.74) is 2.21. The summed E-state index contributed by atoms with van der Waals surface area (Å²) in [5.74, 6) is 0. The molecule has 1 atom stereocenters. The minimum Gasteiger partial charge on any atom is -0.338 e. The number of rotatable bonds is 8. The molecule has 2 aromatic carbocycles. The van der Waals surface area contributed by atoms with Crippen molar-refractivity contribution in [2.24, 2.45) is 0 Å². The number of nitrogens with zero attached hydrogens (tertiary/aromatic N) is 1. The molecule has 2 aromatic rings. The second-order valence-electron chi connectivity index (χ2n) is 7.79. The third-order valence-corrected chi connectivity index (χ3v) is 7.47. The zero-order valence-electron chi connectivity index (χ0n) is 17.5. The van der Waals surface area contributed by atoms with Crippen LogP contribution in [0.2, 0.25) is 0 Å². The fourth-order valence-corrected chi connectivity index (χ4v) is 5.53. The van der Waals surface area contributed by atoms with Gasteiger partial charge in [0.15, 0.2) is 0 Å². The molecule has 1 fully saturated rings. The highest BCUT2D eigenvalue weighted by atomic mass is 32.2. The predicted octanol–water partition coefficient (Wildman–Crippen LogP) is 3.47. The van der Waals surface area contributed by atoms with E-state index in [0.29, 0.717) is 31.0 Å². The van der Waals surface area contributed by atoms with Crippen molar-refractivity contribution in [2.45, 2.75) is 50.0 Å². The van der Waals surface area contributed by atoms with Crippen LogP contribution in [0.5, 0.6) is 0 Å². The molecular weight excluding hydrogens is 398 g/mol. The van der Waals surface area contributed by atoms with E-state index in [2.05, 4.69) is 10.6 Å². The molecule has 2 amide bonds. The van der Waals surface area contributed by atoms with Crippen molar-refractivity contribution in [3.05, 3.63) is 65.7 Å². The molecule has 6 nitrogen and oxygen atoms in total. The Hall–Kier alpha value is -2.38. The maximum atomic E-state index is 13.1. The van der Waals surface area contributed by atoms with Gasteiger partial charge in [-0.25, -0.2) is 13.2 Å². The van der Waals surface area contributed by atoms with Gasteiger partial charge in [0, 0.05) is 25.7 Å². The molecule has 7 heteroatoms. The summed E-state index contributed by atoms with van der Waals surface area (Å²) in [4.78, 5) is 12.4. The van der Waals surface area contributed by atoms with Gasteiger partial charge in [-0.2, -0.15) is 4.31 Å². The Morgan fingerprint density at radius 3 is 2.43 bits per heavy atom. The normalized spacial score (nSPS) is 17.4. The number of hydrogen-bond donors (Lipinski definition) is 2. The number of urea groups is 1. The van der Waals surface area contributed by atoms with Gasteiger partial charge in [-0.15, -0.1) is 0 Å². The number of hydrogen-bond acceptors (Lipinski definition) is 3. The Morgan fingerprint density at radius 2 is 1.70 bits per heavy atom. The number of piperidine rings is 1. The van der Waals surface area contributed by atoms with E-state index in [-0.39, 0.29) is 12.1 Å². The Labute approximate surface area is 179 Å². The number of nitrogens with one attached hydrogen (secondary N) is 2. The maximum absolute atomic E-state index is 13.1. The van der Waals surface area contributed by atoms with Crippen LogP contribution in [0, 0.1) is 6.92 Å². The third-order valence-electron chi connectivity index (χ3n) is 5.51. The molecule has 2 N–H and O–H groups in total. The van der Waals surface area contributed by atoms with Crippen LogP contribution < -0.4 is 10.6 Å². The van der Waals surface area contributed by atoms with Crippen LogP contribution in [0.4, 0.5) is 4.79 Å². The van der Waals surface area contributed by atoms with E-state index in [9.17, 15) is 13.2 Å². The number of carbonyl (C=O) groups excluding carboxylic acids is 1. The molecule has 1 aliphatic heterocycles. The van der Waals surface area contributed by atoms with E-state index in [1.54, 1.807) is 16.4 Å². The molecule has 1 aliphatic rings. The van der Waals surface area contributed by atoms with E-state index in [1.807, 2.05) is 49.4 Å². The minimum atomic E-state index is -3.52. The van der Waals surface area contributed by atoms with Crippen LogP contribution in [-0.2, 0) is 16.4 Å². The highest BCUT2D eigenvalue weighted by Gasteiger charge is 2.33. The van der Waals surface area contributed by atoms with Gasteiger partial charge in [-0.05, 0) is 50.3 Å². The Kier molecular flexibility index (Phi) is 7.87. The lowest BCUT2D eigenvalue weighted by molar-refractivity contribution is 0.229. The molecule has 1 unspecified atom stereocenters. The average molecular weight is 430 g/mol. The van der Waals surface area contributed by atoms with Gasteiger partial charge in [-0.3, -0.25) is 0 Å². The van der Waals surface area contributed by atoms with E-state index < -0.39 is 10.0 Å². The lowest BCUT2D eigenvalue weighted by Gasteiger charge is -2.34. The van der Waals surface area contributed by atoms with Gasteiger partial charge < -0.3 is 10.6 Å². The van der Waals surface area contributed by atoms with Gasteiger partial charge in [0.1, 0.15) is 0 Å². The van der Waals surface area contributed by atoms with Crippen molar-refractivity contribution >= 4 is 16.1 Å². The first-order valence-corrected chi connectivity index (χ1v) is 12.0. The fourth-order valence-electron chi connectivity index (χ4n) is 3.80. The maximum Gasteiger partial charge on any atom is 0.314 e. The second kappa shape index (κ2) is 10.6. The van der Waals surface area contributed by atoms with Crippen molar-refractivity contribution in [1.82, 2.24) is 14.9 Å². The molecule has 0 bridgehead atoms. The molecule has 1 saturated heterocycles. The van der Waals surface area contributed by atoms with Gasteiger partial charge in [0.2, 0.25) is 10.0 Å². The predicted molar refractivity (Wildman–Crippen MR) is 119 cm³/mol. The smallest absolute Gasteiger partial charge is 0.314 e. The summed E-state index contributed by atoms with van der Waals surface area (Å²) in [6.45, 7) is 3.48. The summed E-state index contributed by atoms with van der Waals surface area (Å²) >= 11 is 0. The SMILES string of the molecule is Cc1ccc(S(=O)(=O)N2CCCCC2CCNC(=O)NCCc2ccccc2)cc1. The lowest BCUT2D eigenvalue weighted by Crippen LogP contribution is -2.46. The van der Waals surface area contributed by atoms with Crippen LogP contribution in [0.1, 0.15) is 36.8 Å². The van der Waals surface area contributed by atoms with Gasteiger partial charge in [-0.1, -0.05) is 54.4 Å². The van der Waals surface area contributed by atoms with E-state index in [4.69, 9.17) is 0 Å². The van der Waals surface area contributed by atoms with Crippen molar-refractivity contribution in [3.63, 3.8) is 0 Å². The molecule has 30 heavy (non-hydrogen) atoms. The molecule has 1 heterocycles. The molecule has 0 aliphatic carbocycles. The minimum absolute atomic E-state index is 0.0883. The van der Waals surface area contributed by atoms with Crippen LogP contribution >= 0.6 is 0 Å². The first-order chi connectivity index (χ1) is 14.5. The topological polar surface area (TPSA) is 78.5 Å². The number of carbonyl (C=O) groups is 1. The summed E-state index contributed by atoms with van der Waals surface area (Å²) in [6, 6.07) is 16.7. The summed E-state index contributed by atoms with van der Waals surface area (Å²) in [6.07, 6.45) is 4.09. The van der Waals surface area contributed by atoms with E-state index in [0.717, 1.165) is 31.2 Å². The number of amides is 2. The van der Waals surface area contributed by atoms with Crippen LogP contribution in [0.15, 0.2) is 59.5 Å². The van der Waals surface area contributed by atoms with Crippen molar-refractivity contribution in [3.8, 4) is 0 Å². The van der Waals surface area contributed by atoms with Crippen LogP contribution in [0.3, 0.4) is 0 Å². The van der Waals surface area contributed by atoms with Gasteiger partial charge in [0.25, 0.3) is 0 Å². The zero-order chi connectivity index (χ0) is 21.4. The largest absolute Gasteiger partial charge is 0.338 e. The second-order valence-corrected chi connectivity index (χ2v) is 9.68. The van der Waals surface area contributed by atoms with Crippen molar-refractivity contribution in [2.75, 3.05) is 19.6 Å². The summed E-state index contributed by atoms with van der Waals surface area (Å²) in [5, 5.41) is 5.72. The Bertz CT molecular complexity index is 914. The molecular formula is C23H31N3O3S. The highest BCUT2D eigenvalue weighted by Crippen LogP contribution is 2.27. The Morgan fingerprint density at radius 1 is 1.00 bits per heavy atom. The number of benzene rings is 2. The van der Waals surface area contributed by atoms with Gasteiger partial charge >= 0.3 is 6.03 Å². The van der Waals surface area contributed by atoms with Crippen LogP contribution in [0.25, 0.3) is 0 Å². The standard InChI is InChI=1S/C23H31N3O3S/c1-19-10-12-22(13-11-19)30(28,29)26-18-6-5-9-21(26)15-17-25-23(27)24-16-14-20-7-3-2-4-8-20/h2-4,7-8,10-13,21H,5-6,9,14-18H2,1H3,(H2,24,25,27). The van der Waals surface area contributed by atoms with E-state index in [1.165, 1.54) is 5.56 Å². The van der Waals surface area contributed by atoms with Crippen LogP contribution in [-0.4, -0.2) is 44.4 Å². The third kappa shape index (κ3) is 6.06. The summed E-state index contributed by atoms with van der Waals surface area (Å²) in [7, 11) is -3.52. The molecule has 0 spiro atoms. The first kappa shape index (κ1) is 22.3. The quantitative estimate of drug-likeness (QED) is 0.674. The first-order valence-electron chi connectivity index (χ1n) is 10.6. The molecule has 0 aromatic heterocycles. The van der Waals surface area contributed by atoms with Gasteiger partial charge in [0.05, 0.1) is 4.90 Å². The molecule has 0 saturated carbocycles. The monoisotopic (exact) mass is 429 g/mol. The zero-order valence-corrected chi connectivity index (χ0v) is 18.3. The average Bonchev–Trinajstić information content (AvgIpc) is 2.75. The molecule has 162 valence electrons. The Balaban J connectivity index is 1.48. The fraction of sp³-hybridized carbons (Fsp3) is 0.435. The number of aryl methyl sites for hydroxylation is 1. The van der Waals surface area contributed by atoms with Crippen molar-refractivity contribution < 1.29 is 13.2 Å². The van der Waals surface area contributed by atoms with Crippen molar-refractivity contribution in [1.29, 1.82) is 0 Å². The number of sulfonamides is 1. The molecule has 3 rings (SSSR count).